The predicted octanol–water partition coefficient (Wildman–Crippen LogP) is 1.10. The van der Waals surface area contributed by atoms with Crippen molar-refractivity contribution in [3.8, 4) is 0 Å². The molecule has 1 aromatic rings. The Bertz CT molecular complexity index is 370. The van der Waals surface area contributed by atoms with Crippen LogP contribution in [0.2, 0.25) is 0 Å². The van der Waals surface area contributed by atoms with E-state index in [0.717, 1.165) is 5.56 Å². The molecule has 0 aliphatic heterocycles. The van der Waals surface area contributed by atoms with Gasteiger partial charge in [0, 0.05) is 0 Å². The summed E-state index contributed by atoms with van der Waals surface area (Å²) in [5.74, 6) is -0.789. The Kier molecular flexibility index (Phi) is 4.51. The molecule has 16 heavy (non-hydrogen) atoms. The lowest BCUT2D eigenvalue weighted by atomic mass is 10.1. The van der Waals surface area contributed by atoms with Crippen molar-refractivity contribution in [1.29, 1.82) is 0 Å². The fraction of sp³-hybridized carbons (Fsp3) is 0.250. The zero-order valence-corrected chi connectivity index (χ0v) is 9.10. The van der Waals surface area contributed by atoms with Crippen LogP contribution in [0.4, 0.5) is 0 Å². The Balaban J connectivity index is 2.60. The van der Waals surface area contributed by atoms with Crippen molar-refractivity contribution < 1.29 is 14.3 Å². The number of primary amides is 1. The second-order valence-electron chi connectivity index (χ2n) is 3.23. The van der Waals surface area contributed by atoms with E-state index in [1.54, 1.807) is 31.2 Å². The van der Waals surface area contributed by atoms with E-state index < -0.39 is 5.91 Å². The minimum absolute atomic E-state index is 0.340. The fourth-order valence-electron chi connectivity index (χ4n) is 1.21. The van der Waals surface area contributed by atoms with Crippen LogP contribution in [-0.2, 0) is 16.0 Å². The minimum Gasteiger partial charge on any atom is -0.462 e. The summed E-state index contributed by atoms with van der Waals surface area (Å²) in [5, 5.41) is 0. The number of rotatable bonds is 5. The molecule has 0 atom stereocenters. The van der Waals surface area contributed by atoms with Crippen LogP contribution in [0, 0.1) is 6.42 Å². The first-order chi connectivity index (χ1) is 7.63. The molecule has 85 valence electrons. The van der Waals surface area contributed by atoms with Gasteiger partial charge in [0.1, 0.15) is 0 Å². The van der Waals surface area contributed by atoms with E-state index in [-0.39, 0.29) is 5.97 Å². The van der Waals surface area contributed by atoms with Gasteiger partial charge in [-0.3, -0.25) is 4.79 Å². The largest absolute Gasteiger partial charge is 0.462 e. The van der Waals surface area contributed by atoms with Crippen LogP contribution in [0.15, 0.2) is 24.3 Å². The summed E-state index contributed by atoms with van der Waals surface area (Å²) < 4.78 is 4.85. The van der Waals surface area contributed by atoms with Crippen molar-refractivity contribution in [2.24, 2.45) is 5.73 Å². The number of carbonyl (C=O) groups is 2. The van der Waals surface area contributed by atoms with Gasteiger partial charge in [-0.15, -0.1) is 0 Å². The Morgan fingerprint density at radius 1 is 1.31 bits per heavy atom. The number of esters is 1. The summed E-state index contributed by atoms with van der Waals surface area (Å²) >= 11 is 0. The molecule has 0 aliphatic carbocycles. The van der Waals surface area contributed by atoms with Crippen LogP contribution >= 0.6 is 0 Å². The summed E-state index contributed by atoms with van der Waals surface area (Å²) in [5.41, 5.74) is 6.42. The third-order valence-corrected chi connectivity index (χ3v) is 2.00. The SMILES string of the molecule is CCOC(=O)c1ccc(C[CH]C(N)=O)cc1. The summed E-state index contributed by atoms with van der Waals surface area (Å²) in [4.78, 5) is 21.8. The van der Waals surface area contributed by atoms with E-state index >= 15 is 0 Å². The van der Waals surface area contributed by atoms with Crippen LogP contribution in [-0.4, -0.2) is 18.5 Å². The molecule has 0 saturated carbocycles. The molecule has 1 amide bonds. The van der Waals surface area contributed by atoms with Crippen LogP contribution in [0.3, 0.4) is 0 Å². The van der Waals surface area contributed by atoms with E-state index in [1.807, 2.05) is 0 Å². The van der Waals surface area contributed by atoms with E-state index in [1.165, 1.54) is 6.42 Å². The first-order valence-corrected chi connectivity index (χ1v) is 5.02. The molecule has 1 rings (SSSR count). The molecule has 0 spiro atoms. The molecular weight excluding hydrogens is 206 g/mol. The van der Waals surface area contributed by atoms with Gasteiger partial charge in [0.05, 0.1) is 18.6 Å². The molecular formula is C12H14NO3. The minimum atomic E-state index is -0.450. The smallest absolute Gasteiger partial charge is 0.338 e. The first kappa shape index (κ1) is 12.2. The fourth-order valence-corrected chi connectivity index (χ4v) is 1.21. The van der Waals surface area contributed by atoms with Crippen molar-refractivity contribution in [3.63, 3.8) is 0 Å². The van der Waals surface area contributed by atoms with Crippen LogP contribution in [0.25, 0.3) is 0 Å². The van der Waals surface area contributed by atoms with Crippen molar-refractivity contribution in [1.82, 2.24) is 0 Å². The van der Waals surface area contributed by atoms with Gasteiger partial charge in [-0.05, 0) is 31.0 Å². The second kappa shape index (κ2) is 5.90. The average molecular weight is 220 g/mol. The molecule has 2 N–H and O–H groups in total. The third kappa shape index (κ3) is 3.73. The van der Waals surface area contributed by atoms with Gasteiger partial charge in [-0.1, -0.05) is 12.1 Å². The normalized spacial score (nSPS) is 9.81. The highest BCUT2D eigenvalue weighted by Gasteiger charge is 2.05. The van der Waals surface area contributed by atoms with Gasteiger partial charge in [0.2, 0.25) is 5.91 Å². The quantitative estimate of drug-likeness (QED) is 0.755. The number of benzene rings is 1. The Morgan fingerprint density at radius 2 is 1.94 bits per heavy atom. The third-order valence-electron chi connectivity index (χ3n) is 2.00. The van der Waals surface area contributed by atoms with Gasteiger partial charge in [0.25, 0.3) is 0 Å². The molecule has 1 radical (unpaired) electrons. The van der Waals surface area contributed by atoms with Gasteiger partial charge >= 0.3 is 5.97 Å². The summed E-state index contributed by atoms with van der Waals surface area (Å²) in [6.07, 6.45) is 1.86. The lowest BCUT2D eigenvalue weighted by Gasteiger charge is -2.03. The maximum atomic E-state index is 11.3. The lowest BCUT2D eigenvalue weighted by molar-refractivity contribution is -0.115. The molecule has 0 saturated heterocycles. The van der Waals surface area contributed by atoms with Crippen molar-refractivity contribution in [2.75, 3.05) is 6.61 Å². The van der Waals surface area contributed by atoms with Gasteiger partial charge < -0.3 is 10.5 Å². The zero-order valence-electron chi connectivity index (χ0n) is 9.10. The van der Waals surface area contributed by atoms with E-state index in [0.29, 0.717) is 18.6 Å². The number of hydrogen-bond donors (Lipinski definition) is 1. The molecule has 1 aromatic carbocycles. The maximum absolute atomic E-state index is 11.3. The number of carbonyl (C=O) groups excluding carboxylic acids is 2. The summed E-state index contributed by atoms with van der Waals surface area (Å²) in [7, 11) is 0. The second-order valence-corrected chi connectivity index (χ2v) is 3.23. The molecule has 0 fully saturated rings. The Hall–Kier alpha value is -1.84. The van der Waals surface area contributed by atoms with Crippen molar-refractivity contribution in [2.45, 2.75) is 13.3 Å². The van der Waals surface area contributed by atoms with E-state index in [9.17, 15) is 9.59 Å². The van der Waals surface area contributed by atoms with Gasteiger partial charge in [-0.25, -0.2) is 4.79 Å². The number of amides is 1. The molecule has 0 aliphatic rings. The molecule has 0 heterocycles. The van der Waals surface area contributed by atoms with Crippen LogP contribution < -0.4 is 5.73 Å². The molecule has 0 bridgehead atoms. The lowest BCUT2D eigenvalue weighted by Crippen LogP contribution is -2.12. The number of hydrogen-bond acceptors (Lipinski definition) is 3. The molecule has 4 nitrogen and oxygen atoms in total. The van der Waals surface area contributed by atoms with Crippen molar-refractivity contribution >= 4 is 11.9 Å². The number of nitrogens with two attached hydrogens (primary N) is 1. The monoisotopic (exact) mass is 220 g/mol. The standard InChI is InChI=1S/C12H14NO3/c1-2-16-12(15)10-6-3-9(4-7-10)5-8-11(13)14/h3-4,6-8H,2,5H2,1H3,(H2,13,14). The summed E-state index contributed by atoms with van der Waals surface area (Å²) in [6.45, 7) is 2.12. The zero-order chi connectivity index (χ0) is 12.0. The Morgan fingerprint density at radius 3 is 2.44 bits per heavy atom. The van der Waals surface area contributed by atoms with Crippen molar-refractivity contribution in [3.05, 3.63) is 41.8 Å². The van der Waals surface area contributed by atoms with E-state index in [2.05, 4.69) is 0 Å². The molecule has 0 aromatic heterocycles. The highest BCUT2D eigenvalue weighted by molar-refractivity contribution is 5.89. The topological polar surface area (TPSA) is 69.4 Å². The highest BCUT2D eigenvalue weighted by Crippen LogP contribution is 2.07. The first-order valence-electron chi connectivity index (χ1n) is 5.02. The van der Waals surface area contributed by atoms with Gasteiger partial charge in [0.15, 0.2) is 0 Å². The predicted molar refractivity (Wildman–Crippen MR) is 59.6 cm³/mol. The molecule has 0 unspecified atom stereocenters. The van der Waals surface area contributed by atoms with E-state index in [4.69, 9.17) is 10.5 Å². The average Bonchev–Trinajstić information content (AvgIpc) is 2.27. The highest BCUT2D eigenvalue weighted by atomic mass is 16.5. The van der Waals surface area contributed by atoms with Crippen LogP contribution in [0.5, 0.6) is 0 Å². The van der Waals surface area contributed by atoms with Gasteiger partial charge in [-0.2, -0.15) is 0 Å². The number of ether oxygens (including phenoxy) is 1. The summed E-state index contributed by atoms with van der Waals surface area (Å²) in [6, 6.07) is 6.88. The maximum Gasteiger partial charge on any atom is 0.338 e. The Labute approximate surface area is 94.4 Å². The van der Waals surface area contributed by atoms with Crippen LogP contribution in [0.1, 0.15) is 22.8 Å². The molecule has 4 heteroatoms.